The number of hydrogen-bond acceptors (Lipinski definition) is 2. The molecule has 0 saturated carbocycles. The summed E-state index contributed by atoms with van der Waals surface area (Å²) in [7, 11) is 0. The summed E-state index contributed by atoms with van der Waals surface area (Å²) in [5, 5.41) is 0. The number of nitrogens with zero attached hydrogens (tertiary/aromatic N) is 2. The normalized spacial score (nSPS) is 18.5. The third-order valence-electron chi connectivity index (χ3n) is 3.36. The first-order valence-corrected chi connectivity index (χ1v) is 7.27. The summed E-state index contributed by atoms with van der Waals surface area (Å²) in [5.41, 5.74) is 1.40. The smallest absolute Gasteiger partial charge is 0.0246 e. The first-order chi connectivity index (χ1) is 8.29. The zero-order valence-corrected chi connectivity index (χ0v) is 12.1. The summed E-state index contributed by atoms with van der Waals surface area (Å²) < 4.78 is 1.23. The highest BCUT2D eigenvalue weighted by Gasteiger charge is 2.16. The van der Waals surface area contributed by atoms with Crippen molar-refractivity contribution in [2.45, 2.75) is 19.9 Å². The molecule has 0 atom stereocenters. The number of piperazine rings is 1. The minimum atomic E-state index is 1.07. The van der Waals surface area contributed by atoms with Crippen LogP contribution in [0.25, 0.3) is 0 Å². The van der Waals surface area contributed by atoms with Crippen LogP contribution >= 0.6 is 15.9 Å². The average Bonchev–Trinajstić information content (AvgIpc) is 2.35. The maximum absolute atomic E-state index is 3.62. The van der Waals surface area contributed by atoms with Crippen molar-refractivity contribution >= 4 is 15.9 Å². The standard InChI is InChI=1S/C14H21BrN2/c1-2-7-16-8-10-17(11-9-16)12-13-5-3-4-6-14(13)15/h3-6H,2,7-12H2,1H3. The van der Waals surface area contributed by atoms with Crippen LogP contribution in [0, 0.1) is 0 Å². The first kappa shape index (κ1) is 13.1. The molecule has 2 nitrogen and oxygen atoms in total. The fourth-order valence-electron chi connectivity index (χ4n) is 2.35. The van der Waals surface area contributed by atoms with Gasteiger partial charge in [0.1, 0.15) is 0 Å². The molecule has 1 heterocycles. The Kier molecular flexibility index (Phi) is 5.01. The minimum absolute atomic E-state index is 1.07. The van der Waals surface area contributed by atoms with E-state index in [0.717, 1.165) is 6.54 Å². The summed E-state index contributed by atoms with van der Waals surface area (Å²) in [6.45, 7) is 9.41. The van der Waals surface area contributed by atoms with Crippen LogP contribution < -0.4 is 0 Å². The fourth-order valence-corrected chi connectivity index (χ4v) is 2.76. The zero-order chi connectivity index (χ0) is 12.1. The number of rotatable bonds is 4. The number of benzene rings is 1. The summed E-state index contributed by atoms with van der Waals surface area (Å²) in [6, 6.07) is 8.53. The third kappa shape index (κ3) is 3.80. The van der Waals surface area contributed by atoms with Gasteiger partial charge in [0.05, 0.1) is 0 Å². The van der Waals surface area contributed by atoms with Gasteiger partial charge >= 0.3 is 0 Å². The van der Waals surface area contributed by atoms with Gasteiger partial charge in [0.2, 0.25) is 0 Å². The van der Waals surface area contributed by atoms with Crippen LogP contribution in [-0.2, 0) is 6.54 Å². The second-order valence-corrected chi connectivity index (χ2v) is 5.56. The van der Waals surface area contributed by atoms with E-state index in [1.807, 2.05) is 0 Å². The molecule has 1 aromatic rings. The lowest BCUT2D eigenvalue weighted by Gasteiger charge is -2.34. The Morgan fingerprint density at radius 3 is 2.35 bits per heavy atom. The second kappa shape index (κ2) is 6.53. The SMILES string of the molecule is CCCN1CCN(Cc2ccccc2Br)CC1. The molecule has 0 amide bonds. The van der Waals surface area contributed by atoms with E-state index in [9.17, 15) is 0 Å². The van der Waals surface area contributed by atoms with E-state index in [1.165, 1.54) is 49.2 Å². The van der Waals surface area contributed by atoms with Crippen molar-refractivity contribution in [3.05, 3.63) is 34.3 Å². The van der Waals surface area contributed by atoms with E-state index in [4.69, 9.17) is 0 Å². The lowest BCUT2D eigenvalue weighted by atomic mass is 10.2. The van der Waals surface area contributed by atoms with Crippen LogP contribution in [0.3, 0.4) is 0 Å². The maximum Gasteiger partial charge on any atom is 0.0246 e. The van der Waals surface area contributed by atoms with Gasteiger partial charge in [-0.05, 0) is 24.6 Å². The van der Waals surface area contributed by atoms with Gasteiger partial charge in [-0.25, -0.2) is 0 Å². The van der Waals surface area contributed by atoms with Gasteiger partial charge in [0.25, 0.3) is 0 Å². The molecule has 0 unspecified atom stereocenters. The topological polar surface area (TPSA) is 6.48 Å². The molecule has 1 aliphatic rings. The molecule has 1 aromatic carbocycles. The molecule has 1 fully saturated rings. The third-order valence-corrected chi connectivity index (χ3v) is 4.13. The highest BCUT2D eigenvalue weighted by Crippen LogP contribution is 2.18. The molecule has 0 bridgehead atoms. The van der Waals surface area contributed by atoms with Gasteiger partial charge < -0.3 is 4.90 Å². The summed E-state index contributed by atoms with van der Waals surface area (Å²) in [6.07, 6.45) is 1.27. The molecule has 0 N–H and O–H groups in total. The van der Waals surface area contributed by atoms with Gasteiger partial charge in [-0.15, -0.1) is 0 Å². The Morgan fingerprint density at radius 2 is 1.71 bits per heavy atom. The van der Waals surface area contributed by atoms with Crippen molar-refractivity contribution in [1.29, 1.82) is 0 Å². The van der Waals surface area contributed by atoms with Crippen LogP contribution in [0.2, 0.25) is 0 Å². The van der Waals surface area contributed by atoms with Crippen molar-refractivity contribution < 1.29 is 0 Å². The molecule has 94 valence electrons. The van der Waals surface area contributed by atoms with Crippen LogP contribution in [-0.4, -0.2) is 42.5 Å². The largest absolute Gasteiger partial charge is 0.301 e. The molecule has 3 heteroatoms. The number of halogens is 1. The lowest BCUT2D eigenvalue weighted by Crippen LogP contribution is -2.46. The minimum Gasteiger partial charge on any atom is -0.301 e. The van der Waals surface area contributed by atoms with Crippen molar-refractivity contribution in [2.24, 2.45) is 0 Å². The second-order valence-electron chi connectivity index (χ2n) is 4.71. The highest BCUT2D eigenvalue weighted by atomic mass is 79.9. The summed E-state index contributed by atoms with van der Waals surface area (Å²) in [5.74, 6) is 0. The van der Waals surface area contributed by atoms with Crippen molar-refractivity contribution in [1.82, 2.24) is 9.80 Å². The average molecular weight is 297 g/mol. The van der Waals surface area contributed by atoms with Crippen molar-refractivity contribution in [2.75, 3.05) is 32.7 Å². The molecule has 1 saturated heterocycles. The van der Waals surface area contributed by atoms with Crippen molar-refractivity contribution in [3.8, 4) is 0 Å². The fraction of sp³-hybridized carbons (Fsp3) is 0.571. The van der Waals surface area contributed by atoms with Crippen LogP contribution in [0.4, 0.5) is 0 Å². The van der Waals surface area contributed by atoms with Gasteiger partial charge in [-0.2, -0.15) is 0 Å². The monoisotopic (exact) mass is 296 g/mol. The van der Waals surface area contributed by atoms with Gasteiger partial charge in [-0.3, -0.25) is 4.90 Å². The first-order valence-electron chi connectivity index (χ1n) is 6.47. The van der Waals surface area contributed by atoms with Gasteiger partial charge in [0.15, 0.2) is 0 Å². The van der Waals surface area contributed by atoms with E-state index >= 15 is 0 Å². The molecule has 0 radical (unpaired) electrons. The van der Waals surface area contributed by atoms with E-state index in [2.05, 4.69) is 56.9 Å². The molecule has 17 heavy (non-hydrogen) atoms. The lowest BCUT2D eigenvalue weighted by molar-refractivity contribution is 0.127. The predicted molar refractivity (Wildman–Crippen MR) is 76.2 cm³/mol. The molecule has 0 aliphatic carbocycles. The molecule has 0 spiro atoms. The van der Waals surface area contributed by atoms with Gasteiger partial charge in [-0.1, -0.05) is 41.1 Å². The van der Waals surface area contributed by atoms with E-state index in [-0.39, 0.29) is 0 Å². The van der Waals surface area contributed by atoms with E-state index in [1.54, 1.807) is 0 Å². The van der Waals surface area contributed by atoms with E-state index in [0.29, 0.717) is 0 Å². The summed E-state index contributed by atoms with van der Waals surface area (Å²) in [4.78, 5) is 5.11. The molecule has 1 aliphatic heterocycles. The van der Waals surface area contributed by atoms with E-state index < -0.39 is 0 Å². The quantitative estimate of drug-likeness (QED) is 0.843. The summed E-state index contributed by atoms with van der Waals surface area (Å²) >= 11 is 3.62. The predicted octanol–water partition coefficient (Wildman–Crippen LogP) is 2.98. The zero-order valence-electron chi connectivity index (χ0n) is 10.5. The molecular formula is C14H21BrN2. The van der Waals surface area contributed by atoms with Gasteiger partial charge in [0, 0.05) is 37.2 Å². The van der Waals surface area contributed by atoms with Crippen LogP contribution in [0.1, 0.15) is 18.9 Å². The van der Waals surface area contributed by atoms with Crippen LogP contribution in [0.5, 0.6) is 0 Å². The van der Waals surface area contributed by atoms with Crippen LogP contribution in [0.15, 0.2) is 28.7 Å². The Labute approximate surface area is 113 Å². The molecule has 0 aromatic heterocycles. The Morgan fingerprint density at radius 1 is 1.06 bits per heavy atom. The van der Waals surface area contributed by atoms with Crippen molar-refractivity contribution in [3.63, 3.8) is 0 Å². The molecule has 2 rings (SSSR count). The Balaban J connectivity index is 1.84. The Bertz CT molecular complexity index is 346. The maximum atomic E-state index is 3.62. The Hall–Kier alpha value is -0.380. The molecular weight excluding hydrogens is 276 g/mol. The highest BCUT2D eigenvalue weighted by molar-refractivity contribution is 9.10. The number of hydrogen-bond donors (Lipinski definition) is 0.